The van der Waals surface area contributed by atoms with Crippen LogP contribution in [0.3, 0.4) is 0 Å². The molecule has 6 nitrogen and oxygen atoms in total. The normalized spacial score (nSPS) is 10.0. The molecule has 0 aliphatic carbocycles. The maximum atomic E-state index is 12.2. The molecule has 6 heteroatoms. The average Bonchev–Trinajstić information content (AvgIpc) is 2.66. The SMILES string of the molecule is CCOc1ccc(C(=O)NCCOc2ccc(OC)cc2)cc1OC. The minimum Gasteiger partial charge on any atom is -0.497 e. The molecule has 2 aromatic carbocycles. The van der Waals surface area contributed by atoms with E-state index in [1.54, 1.807) is 32.4 Å². The van der Waals surface area contributed by atoms with Crippen molar-refractivity contribution < 1.29 is 23.7 Å². The number of benzene rings is 2. The van der Waals surface area contributed by atoms with E-state index in [0.29, 0.717) is 36.8 Å². The van der Waals surface area contributed by atoms with Crippen LogP contribution in [-0.4, -0.2) is 39.9 Å². The van der Waals surface area contributed by atoms with Crippen LogP contribution in [0.15, 0.2) is 42.5 Å². The maximum absolute atomic E-state index is 12.2. The predicted molar refractivity (Wildman–Crippen MR) is 95.0 cm³/mol. The lowest BCUT2D eigenvalue weighted by atomic mass is 10.2. The molecule has 25 heavy (non-hydrogen) atoms. The summed E-state index contributed by atoms with van der Waals surface area (Å²) >= 11 is 0. The Hall–Kier alpha value is -2.89. The largest absolute Gasteiger partial charge is 0.497 e. The van der Waals surface area contributed by atoms with Gasteiger partial charge in [-0.1, -0.05) is 0 Å². The monoisotopic (exact) mass is 345 g/mol. The molecule has 0 fully saturated rings. The highest BCUT2D eigenvalue weighted by molar-refractivity contribution is 5.94. The maximum Gasteiger partial charge on any atom is 0.251 e. The molecule has 0 radical (unpaired) electrons. The third-order valence-corrected chi connectivity index (χ3v) is 3.44. The van der Waals surface area contributed by atoms with Crippen molar-refractivity contribution in [2.24, 2.45) is 0 Å². The Morgan fingerprint density at radius 3 is 2.28 bits per heavy atom. The van der Waals surface area contributed by atoms with Crippen LogP contribution in [0, 0.1) is 0 Å². The van der Waals surface area contributed by atoms with Gasteiger partial charge in [-0.2, -0.15) is 0 Å². The molecule has 0 spiro atoms. The molecule has 0 atom stereocenters. The first-order chi connectivity index (χ1) is 12.2. The summed E-state index contributed by atoms with van der Waals surface area (Å²) in [6, 6.07) is 12.4. The number of carbonyl (C=O) groups excluding carboxylic acids is 1. The third-order valence-electron chi connectivity index (χ3n) is 3.44. The van der Waals surface area contributed by atoms with Crippen LogP contribution in [0.25, 0.3) is 0 Å². The Balaban J connectivity index is 1.83. The second kappa shape index (κ2) is 9.42. The van der Waals surface area contributed by atoms with Gasteiger partial charge in [-0.15, -0.1) is 0 Å². The highest BCUT2D eigenvalue weighted by atomic mass is 16.5. The Kier molecular flexibility index (Phi) is 6.95. The van der Waals surface area contributed by atoms with Gasteiger partial charge < -0.3 is 24.3 Å². The van der Waals surface area contributed by atoms with Gasteiger partial charge >= 0.3 is 0 Å². The summed E-state index contributed by atoms with van der Waals surface area (Å²) in [4.78, 5) is 12.2. The zero-order valence-electron chi connectivity index (χ0n) is 14.7. The molecule has 0 aromatic heterocycles. The van der Waals surface area contributed by atoms with E-state index in [0.717, 1.165) is 11.5 Å². The van der Waals surface area contributed by atoms with Crippen molar-refractivity contribution in [3.8, 4) is 23.0 Å². The highest BCUT2D eigenvalue weighted by Gasteiger charge is 2.10. The number of nitrogens with one attached hydrogen (secondary N) is 1. The molecule has 0 unspecified atom stereocenters. The molecule has 0 heterocycles. The standard InChI is InChI=1S/C19H23NO5/c1-4-24-17-10-5-14(13-18(17)23-3)19(21)20-11-12-25-16-8-6-15(22-2)7-9-16/h5-10,13H,4,11-12H2,1-3H3,(H,20,21). The van der Waals surface area contributed by atoms with Crippen molar-refractivity contribution in [3.05, 3.63) is 48.0 Å². The first-order valence-corrected chi connectivity index (χ1v) is 8.03. The summed E-state index contributed by atoms with van der Waals surface area (Å²) in [5.74, 6) is 2.44. The first-order valence-electron chi connectivity index (χ1n) is 8.03. The van der Waals surface area contributed by atoms with Gasteiger partial charge in [-0.3, -0.25) is 4.79 Å². The Morgan fingerprint density at radius 1 is 0.920 bits per heavy atom. The first kappa shape index (κ1) is 18.4. The van der Waals surface area contributed by atoms with Crippen molar-refractivity contribution in [3.63, 3.8) is 0 Å². The van der Waals surface area contributed by atoms with Gasteiger partial charge in [0.05, 0.1) is 27.4 Å². The van der Waals surface area contributed by atoms with Gasteiger partial charge in [0.15, 0.2) is 11.5 Å². The fourth-order valence-corrected chi connectivity index (χ4v) is 2.19. The second-order valence-electron chi connectivity index (χ2n) is 5.08. The minimum atomic E-state index is -0.195. The Bertz CT molecular complexity index is 685. The van der Waals surface area contributed by atoms with Crippen LogP contribution in [0.5, 0.6) is 23.0 Å². The van der Waals surface area contributed by atoms with E-state index in [1.807, 2.05) is 31.2 Å². The molecule has 1 N–H and O–H groups in total. The minimum absolute atomic E-state index is 0.195. The lowest BCUT2D eigenvalue weighted by molar-refractivity contribution is 0.0946. The third kappa shape index (κ3) is 5.31. The lowest BCUT2D eigenvalue weighted by Crippen LogP contribution is -2.28. The summed E-state index contributed by atoms with van der Waals surface area (Å²) in [5, 5.41) is 2.81. The molecule has 1 amide bonds. The fourth-order valence-electron chi connectivity index (χ4n) is 2.19. The number of hydrogen-bond donors (Lipinski definition) is 1. The van der Waals surface area contributed by atoms with Gasteiger partial charge in [0.1, 0.15) is 18.1 Å². The van der Waals surface area contributed by atoms with Crippen molar-refractivity contribution in [2.45, 2.75) is 6.92 Å². The molecular weight excluding hydrogens is 322 g/mol. The number of methoxy groups -OCH3 is 2. The van der Waals surface area contributed by atoms with Crippen molar-refractivity contribution in [2.75, 3.05) is 34.0 Å². The van der Waals surface area contributed by atoms with E-state index in [4.69, 9.17) is 18.9 Å². The fraction of sp³-hybridized carbons (Fsp3) is 0.316. The summed E-state index contributed by atoms with van der Waals surface area (Å²) < 4.78 is 21.4. The van der Waals surface area contributed by atoms with E-state index in [-0.39, 0.29) is 5.91 Å². The molecule has 0 saturated carbocycles. The van der Waals surface area contributed by atoms with Crippen molar-refractivity contribution >= 4 is 5.91 Å². The molecule has 2 aromatic rings. The van der Waals surface area contributed by atoms with Gasteiger partial charge in [0, 0.05) is 5.56 Å². The molecule has 0 aliphatic heterocycles. The summed E-state index contributed by atoms with van der Waals surface area (Å²) in [6.45, 7) is 3.18. The molecular formula is C19H23NO5. The molecule has 134 valence electrons. The second-order valence-corrected chi connectivity index (χ2v) is 5.08. The molecule has 0 saturated heterocycles. The zero-order valence-corrected chi connectivity index (χ0v) is 14.7. The highest BCUT2D eigenvalue weighted by Crippen LogP contribution is 2.27. The van der Waals surface area contributed by atoms with E-state index in [2.05, 4.69) is 5.32 Å². The molecule has 0 bridgehead atoms. The number of rotatable bonds is 9. The van der Waals surface area contributed by atoms with Gasteiger partial charge in [0.25, 0.3) is 5.91 Å². The van der Waals surface area contributed by atoms with E-state index < -0.39 is 0 Å². The number of carbonyl (C=O) groups is 1. The van der Waals surface area contributed by atoms with Crippen LogP contribution in [-0.2, 0) is 0 Å². The van der Waals surface area contributed by atoms with Crippen LogP contribution in [0.4, 0.5) is 0 Å². The van der Waals surface area contributed by atoms with Crippen LogP contribution < -0.4 is 24.3 Å². The molecule has 0 aliphatic rings. The summed E-state index contributed by atoms with van der Waals surface area (Å²) in [5.41, 5.74) is 0.504. The Labute approximate surface area is 147 Å². The number of amides is 1. The van der Waals surface area contributed by atoms with E-state index in [9.17, 15) is 4.79 Å². The Morgan fingerprint density at radius 2 is 1.64 bits per heavy atom. The van der Waals surface area contributed by atoms with Gasteiger partial charge in [-0.25, -0.2) is 0 Å². The number of hydrogen-bond acceptors (Lipinski definition) is 5. The van der Waals surface area contributed by atoms with E-state index >= 15 is 0 Å². The molecule has 2 rings (SSSR count). The van der Waals surface area contributed by atoms with Crippen LogP contribution in [0.1, 0.15) is 17.3 Å². The smallest absolute Gasteiger partial charge is 0.251 e. The van der Waals surface area contributed by atoms with Gasteiger partial charge in [-0.05, 0) is 49.4 Å². The average molecular weight is 345 g/mol. The summed E-state index contributed by atoms with van der Waals surface area (Å²) in [7, 11) is 3.16. The quantitative estimate of drug-likeness (QED) is 0.708. The predicted octanol–water partition coefficient (Wildman–Crippen LogP) is 2.91. The van der Waals surface area contributed by atoms with Crippen LogP contribution in [0.2, 0.25) is 0 Å². The summed E-state index contributed by atoms with van der Waals surface area (Å²) in [6.07, 6.45) is 0. The van der Waals surface area contributed by atoms with Gasteiger partial charge in [0.2, 0.25) is 0 Å². The zero-order chi connectivity index (χ0) is 18.1. The lowest BCUT2D eigenvalue weighted by Gasteiger charge is -2.11. The number of ether oxygens (including phenoxy) is 4. The van der Waals surface area contributed by atoms with Crippen molar-refractivity contribution in [1.82, 2.24) is 5.32 Å². The van der Waals surface area contributed by atoms with Crippen LogP contribution >= 0.6 is 0 Å². The van der Waals surface area contributed by atoms with E-state index in [1.165, 1.54) is 0 Å². The topological polar surface area (TPSA) is 66.0 Å². The van der Waals surface area contributed by atoms with Crippen molar-refractivity contribution in [1.29, 1.82) is 0 Å².